The van der Waals surface area contributed by atoms with E-state index in [1.807, 2.05) is 0 Å². The molecule has 11 heteroatoms. The number of fused-ring (bicyclic) bond motifs is 2. The minimum Gasteiger partial charge on any atom is -0.390 e. The number of hydrogen-bond acceptors (Lipinski definition) is 4. The Bertz CT molecular complexity index is 976. The van der Waals surface area contributed by atoms with Crippen molar-refractivity contribution in [3.8, 4) is 0 Å². The third-order valence-electron chi connectivity index (χ3n) is 5.55. The Morgan fingerprint density at radius 2 is 1.84 bits per heavy atom. The van der Waals surface area contributed by atoms with Gasteiger partial charge in [0.2, 0.25) is 5.91 Å². The number of nitrogens with one attached hydrogen (secondary N) is 1. The number of pyridine rings is 1. The van der Waals surface area contributed by atoms with Crippen LogP contribution in [0, 0.1) is 5.92 Å². The van der Waals surface area contributed by atoms with Crippen molar-refractivity contribution in [2.75, 3.05) is 5.32 Å². The average Bonchev–Trinajstić information content (AvgIpc) is 3.24. The lowest BCUT2D eigenvalue weighted by Gasteiger charge is -2.30. The number of nitrogens with zero attached hydrogens (tertiary/aromatic N) is 1. The second-order valence-corrected chi connectivity index (χ2v) is 7.54. The number of aliphatic hydroxyl groups is 1. The molecule has 2 aliphatic heterocycles. The Balaban J connectivity index is 1.60. The summed E-state index contributed by atoms with van der Waals surface area (Å²) < 4.78 is 82.8. The molecule has 5 atom stereocenters. The summed E-state index contributed by atoms with van der Waals surface area (Å²) in [6.45, 7) is 0. The van der Waals surface area contributed by atoms with E-state index in [0.717, 1.165) is 30.5 Å². The molecule has 5 unspecified atom stereocenters. The minimum atomic E-state index is -4.64. The van der Waals surface area contributed by atoms with Crippen molar-refractivity contribution in [2.24, 2.45) is 5.92 Å². The van der Waals surface area contributed by atoms with Crippen LogP contribution in [-0.2, 0) is 21.9 Å². The van der Waals surface area contributed by atoms with Crippen LogP contribution in [0.5, 0.6) is 0 Å². The van der Waals surface area contributed by atoms with Gasteiger partial charge in [0.1, 0.15) is 5.69 Å². The molecule has 3 heterocycles. The lowest BCUT2D eigenvalue weighted by molar-refractivity contribution is -0.141. The van der Waals surface area contributed by atoms with Crippen LogP contribution >= 0.6 is 0 Å². The first-order valence-electron chi connectivity index (χ1n) is 9.30. The summed E-state index contributed by atoms with van der Waals surface area (Å²) in [7, 11) is 0. The quantitative estimate of drug-likeness (QED) is 0.700. The van der Waals surface area contributed by atoms with E-state index in [4.69, 9.17) is 4.74 Å². The highest BCUT2D eigenvalue weighted by Crippen LogP contribution is 2.49. The third-order valence-corrected chi connectivity index (χ3v) is 5.55. The molecule has 31 heavy (non-hydrogen) atoms. The molecule has 2 aromatic rings. The van der Waals surface area contributed by atoms with E-state index in [0.29, 0.717) is 0 Å². The van der Waals surface area contributed by atoms with Crippen LogP contribution in [0.1, 0.15) is 29.2 Å². The van der Waals surface area contributed by atoms with Gasteiger partial charge in [-0.05, 0) is 29.8 Å². The predicted octanol–water partition coefficient (Wildman–Crippen LogP) is 3.99. The summed E-state index contributed by atoms with van der Waals surface area (Å²) in [5.74, 6) is -2.36. The van der Waals surface area contributed by atoms with Crippen LogP contribution in [-0.4, -0.2) is 34.3 Å². The maximum atomic E-state index is 12.9. The number of ether oxygens (including phenoxy) is 1. The van der Waals surface area contributed by atoms with Gasteiger partial charge in [-0.3, -0.25) is 9.78 Å². The zero-order valence-corrected chi connectivity index (χ0v) is 15.6. The van der Waals surface area contributed by atoms with Crippen LogP contribution in [0.25, 0.3) is 0 Å². The van der Waals surface area contributed by atoms with Crippen LogP contribution < -0.4 is 5.32 Å². The summed E-state index contributed by atoms with van der Waals surface area (Å²) in [4.78, 5) is 16.3. The molecule has 0 spiro atoms. The number of halogens is 6. The third kappa shape index (κ3) is 4.11. The van der Waals surface area contributed by atoms with Crippen molar-refractivity contribution >= 4 is 11.6 Å². The Hall–Kier alpha value is -2.66. The van der Waals surface area contributed by atoms with Gasteiger partial charge in [0.05, 0.1) is 29.8 Å². The molecule has 2 aliphatic rings. The average molecular weight is 446 g/mol. The standard InChI is InChI=1S/C20H16F6N2O3/c21-19(22,23)10-2-1-3-11(6-10)28-18(30)16-13-7-12(29)17(31-13)15(16)9-4-5-14(27-8-9)20(24,25)26/h1-6,8,12-13,15-17,29H,7H2,(H,28,30). The fraction of sp³-hybridized carbons (Fsp3) is 0.400. The van der Waals surface area contributed by atoms with Crippen molar-refractivity contribution in [2.45, 2.75) is 43.0 Å². The molecule has 2 N–H and O–H groups in total. The molecule has 0 saturated carbocycles. The molecule has 5 nitrogen and oxygen atoms in total. The lowest BCUT2D eigenvalue weighted by Crippen LogP contribution is -2.41. The largest absolute Gasteiger partial charge is 0.433 e. The van der Waals surface area contributed by atoms with E-state index >= 15 is 0 Å². The van der Waals surface area contributed by atoms with E-state index in [-0.39, 0.29) is 17.7 Å². The van der Waals surface area contributed by atoms with E-state index in [9.17, 15) is 36.2 Å². The summed E-state index contributed by atoms with van der Waals surface area (Å²) >= 11 is 0. The van der Waals surface area contributed by atoms with Gasteiger partial charge in [-0.25, -0.2) is 0 Å². The van der Waals surface area contributed by atoms with Gasteiger partial charge in [-0.1, -0.05) is 12.1 Å². The fourth-order valence-corrected chi connectivity index (χ4v) is 4.21. The maximum absolute atomic E-state index is 12.9. The normalized spacial score (nSPS) is 28.0. The molecular weight excluding hydrogens is 430 g/mol. The van der Waals surface area contributed by atoms with Crippen molar-refractivity contribution in [3.63, 3.8) is 0 Å². The summed E-state index contributed by atoms with van der Waals surface area (Å²) in [6, 6.07) is 6.04. The Morgan fingerprint density at radius 3 is 2.45 bits per heavy atom. The molecule has 4 rings (SSSR count). The highest BCUT2D eigenvalue weighted by molar-refractivity contribution is 5.94. The van der Waals surface area contributed by atoms with Gasteiger partial charge in [0, 0.05) is 24.2 Å². The van der Waals surface area contributed by atoms with Crippen LogP contribution in [0.15, 0.2) is 42.6 Å². The first kappa shape index (κ1) is 21.6. The van der Waals surface area contributed by atoms with E-state index < -0.39 is 59.7 Å². The van der Waals surface area contributed by atoms with Gasteiger partial charge in [0.25, 0.3) is 0 Å². The van der Waals surface area contributed by atoms with Crippen molar-refractivity contribution < 1.29 is 41.0 Å². The van der Waals surface area contributed by atoms with Gasteiger partial charge in [-0.2, -0.15) is 26.3 Å². The second-order valence-electron chi connectivity index (χ2n) is 7.54. The molecule has 166 valence electrons. The molecule has 0 aliphatic carbocycles. The highest BCUT2D eigenvalue weighted by atomic mass is 19.4. The number of anilines is 1. The first-order valence-corrected chi connectivity index (χ1v) is 9.30. The molecule has 2 fully saturated rings. The van der Waals surface area contributed by atoms with Gasteiger partial charge < -0.3 is 15.2 Å². The number of amides is 1. The maximum Gasteiger partial charge on any atom is 0.433 e. The van der Waals surface area contributed by atoms with Crippen molar-refractivity contribution in [1.29, 1.82) is 0 Å². The van der Waals surface area contributed by atoms with Crippen molar-refractivity contribution in [3.05, 3.63) is 59.4 Å². The molecule has 1 amide bonds. The van der Waals surface area contributed by atoms with Gasteiger partial charge in [0.15, 0.2) is 0 Å². The predicted molar refractivity (Wildman–Crippen MR) is 94.8 cm³/mol. The zero-order valence-electron chi connectivity index (χ0n) is 15.6. The monoisotopic (exact) mass is 446 g/mol. The topological polar surface area (TPSA) is 71.5 Å². The van der Waals surface area contributed by atoms with Crippen LogP contribution in [0.3, 0.4) is 0 Å². The summed E-state index contributed by atoms with van der Waals surface area (Å²) in [5.41, 5.74) is -1.85. The number of aliphatic hydroxyl groups excluding tert-OH is 1. The summed E-state index contributed by atoms with van der Waals surface area (Å²) in [5, 5.41) is 12.6. The number of hydrogen-bond donors (Lipinski definition) is 2. The first-order chi connectivity index (χ1) is 14.4. The second kappa shape index (κ2) is 7.49. The van der Waals surface area contributed by atoms with E-state index in [1.165, 1.54) is 12.1 Å². The number of rotatable bonds is 3. The molecular formula is C20H16F6N2O3. The number of benzene rings is 1. The number of aromatic nitrogens is 1. The molecule has 0 radical (unpaired) electrons. The van der Waals surface area contributed by atoms with Crippen molar-refractivity contribution in [1.82, 2.24) is 4.98 Å². The van der Waals surface area contributed by atoms with Gasteiger partial charge in [-0.15, -0.1) is 0 Å². The van der Waals surface area contributed by atoms with Crippen LogP contribution in [0.2, 0.25) is 0 Å². The van der Waals surface area contributed by atoms with E-state index in [1.54, 1.807) is 0 Å². The number of alkyl halides is 6. The van der Waals surface area contributed by atoms with E-state index in [2.05, 4.69) is 10.3 Å². The fourth-order valence-electron chi connectivity index (χ4n) is 4.21. The highest BCUT2D eigenvalue weighted by Gasteiger charge is 2.57. The Kier molecular flexibility index (Phi) is 5.21. The van der Waals surface area contributed by atoms with Crippen LogP contribution in [0.4, 0.5) is 32.0 Å². The molecule has 2 bridgehead atoms. The number of carbonyl (C=O) groups excluding carboxylic acids is 1. The Labute approximate surface area is 172 Å². The number of carbonyl (C=O) groups is 1. The molecule has 2 saturated heterocycles. The summed E-state index contributed by atoms with van der Waals surface area (Å²) in [6.07, 6.45) is -10.6. The SMILES string of the molecule is O=C(Nc1cccc(C(F)(F)F)c1)C1C2CC(O)C(O2)C1c1ccc(C(F)(F)F)nc1. The molecule has 1 aromatic heterocycles. The van der Waals surface area contributed by atoms with Gasteiger partial charge >= 0.3 is 12.4 Å². The smallest absolute Gasteiger partial charge is 0.390 e. The molecule has 1 aromatic carbocycles. The Morgan fingerprint density at radius 1 is 1.10 bits per heavy atom. The minimum absolute atomic E-state index is 0.0764. The lowest BCUT2D eigenvalue weighted by atomic mass is 9.74. The zero-order chi connectivity index (χ0) is 22.6.